The summed E-state index contributed by atoms with van der Waals surface area (Å²) < 4.78 is 6.32. The fourth-order valence-corrected chi connectivity index (χ4v) is 11.1. The summed E-state index contributed by atoms with van der Waals surface area (Å²) in [5, 5.41) is 13.6. The molecule has 1 heterocycles. The molecule has 0 spiro atoms. The van der Waals surface area contributed by atoms with Crippen LogP contribution in [-0.2, 0) is 0 Å². The van der Waals surface area contributed by atoms with Gasteiger partial charge in [0.25, 0.3) is 0 Å². The van der Waals surface area contributed by atoms with Crippen LogP contribution >= 0.6 is 0 Å². The Labute approximate surface area is 380 Å². The number of hydrogen-bond acceptors (Lipinski definition) is 3. The maximum absolute atomic E-state index is 6.32. The van der Waals surface area contributed by atoms with Gasteiger partial charge in [0.2, 0.25) is 0 Å². The zero-order chi connectivity index (χ0) is 43.6. The minimum Gasteiger partial charge on any atom is -0.456 e. The van der Waals surface area contributed by atoms with E-state index in [1.807, 2.05) is 12.1 Å². The predicted molar refractivity (Wildman–Crippen MR) is 282 cm³/mol. The maximum atomic E-state index is 6.32. The number of benzene rings is 11. The van der Waals surface area contributed by atoms with E-state index in [0.717, 1.165) is 61.6 Å². The number of para-hydroxylation sites is 3. The third-order valence-corrected chi connectivity index (χ3v) is 15.2. The Kier molecular flexibility index (Phi) is 9.18. The number of rotatable bonds is 8. The van der Waals surface area contributed by atoms with Crippen LogP contribution in [0.2, 0.25) is 19.6 Å². The van der Waals surface area contributed by atoms with Gasteiger partial charge in [-0.05, 0) is 128 Å². The van der Waals surface area contributed by atoms with Crippen molar-refractivity contribution in [3.8, 4) is 11.1 Å². The van der Waals surface area contributed by atoms with Gasteiger partial charge >= 0.3 is 0 Å². The molecule has 0 N–H and O–H groups in total. The molecule has 0 aliphatic carbocycles. The molecular formula is C61H46N2OSi. The van der Waals surface area contributed by atoms with E-state index in [2.05, 4.69) is 242 Å². The van der Waals surface area contributed by atoms with E-state index in [-0.39, 0.29) is 0 Å². The molecule has 11 aromatic carbocycles. The molecule has 0 saturated heterocycles. The first-order valence-electron chi connectivity index (χ1n) is 22.5. The molecule has 0 aliphatic heterocycles. The van der Waals surface area contributed by atoms with Crippen LogP contribution in [0.15, 0.2) is 229 Å². The highest BCUT2D eigenvalue weighted by Gasteiger charge is 2.22. The van der Waals surface area contributed by atoms with Gasteiger partial charge in [0.1, 0.15) is 11.2 Å². The lowest BCUT2D eigenvalue weighted by Crippen LogP contribution is -2.37. The van der Waals surface area contributed by atoms with Gasteiger partial charge in [-0.3, -0.25) is 0 Å². The molecule has 0 atom stereocenters. The lowest BCUT2D eigenvalue weighted by atomic mass is 9.90. The van der Waals surface area contributed by atoms with Crippen molar-refractivity contribution >= 4 is 112 Å². The van der Waals surface area contributed by atoms with Crippen LogP contribution in [0.25, 0.3) is 76.2 Å². The molecule has 3 nitrogen and oxygen atoms in total. The average molecular weight is 851 g/mol. The van der Waals surface area contributed by atoms with Crippen LogP contribution in [0, 0.1) is 0 Å². The van der Waals surface area contributed by atoms with Gasteiger partial charge in [-0.15, -0.1) is 0 Å². The summed E-state index contributed by atoms with van der Waals surface area (Å²) in [6, 6.07) is 82.0. The van der Waals surface area contributed by atoms with Crippen molar-refractivity contribution < 1.29 is 4.42 Å². The summed E-state index contributed by atoms with van der Waals surface area (Å²) in [5.41, 5.74) is 10.8. The van der Waals surface area contributed by atoms with Crippen molar-refractivity contribution in [3.63, 3.8) is 0 Å². The monoisotopic (exact) mass is 850 g/mol. The molecule has 0 amide bonds. The Morgan fingerprint density at radius 1 is 0.338 bits per heavy atom. The zero-order valence-corrected chi connectivity index (χ0v) is 37.7. The third kappa shape index (κ3) is 6.65. The summed E-state index contributed by atoms with van der Waals surface area (Å²) in [4.78, 5) is 4.80. The molecule has 0 aliphatic rings. The molecule has 0 radical (unpaired) electrons. The normalized spacial score (nSPS) is 11.9. The van der Waals surface area contributed by atoms with E-state index < -0.39 is 8.07 Å². The van der Waals surface area contributed by atoms with E-state index in [0.29, 0.717) is 0 Å². The van der Waals surface area contributed by atoms with Crippen molar-refractivity contribution in [1.29, 1.82) is 0 Å². The number of furan rings is 1. The van der Waals surface area contributed by atoms with E-state index in [9.17, 15) is 0 Å². The predicted octanol–water partition coefficient (Wildman–Crippen LogP) is 17.4. The fourth-order valence-electron chi connectivity index (χ4n) is 9.98. The number of nitrogens with zero attached hydrogens (tertiary/aromatic N) is 2. The molecule has 1 aromatic heterocycles. The lowest BCUT2D eigenvalue weighted by Gasteiger charge is -2.28. The SMILES string of the molecule is C[Si](C)(C)c1ccc(N(c2ccccc2)c2ccc3c(ccc4c5ccc(N(c6ccc7oc8ccccc8c7c6)c6ccccc6-c6ccccc6)cc5c5ccccc5c34)c2)cc1. The molecule has 12 rings (SSSR count). The van der Waals surface area contributed by atoms with Gasteiger partial charge in [0, 0.05) is 44.8 Å². The minimum absolute atomic E-state index is 0.880. The van der Waals surface area contributed by atoms with E-state index in [4.69, 9.17) is 4.42 Å². The number of fused-ring (bicyclic) bond motifs is 11. The highest BCUT2D eigenvalue weighted by molar-refractivity contribution is 6.88. The first-order chi connectivity index (χ1) is 31.9. The molecule has 0 bridgehead atoms. The van der Waals surface area contributed by atoms with Crippen LogP contribution in [0.4, 0.5) is 34.1 Å². The molecular weight excluding hydrogens is 805 g/mol. The Morgan fingerprint density at radius 2 is 0.862 bits per heavy atom. The van der Waals surface area contributed by atoms with Gasteiger partial charge in [-0.1, -0.05) is 170 Å². The van der Waals surface area contributed by atoms with E-state index >= 15 is 0 Å². The highest BCUT2D eigenvalue weighted by Crippen LogP contribution is 2.47. The fraction of sp³-hybridized carbons (Fsp3) is 0.0492. The Bertz CT molecular complexity index is 3740. The Morgan fingerprint density at radius 3 is 1.63 bits per heavy atom. The third-order valence-electron chi connectivity index (χ3n) is 13.2. The summed E-state index contributed by atoms with van der Waals surface area (Å²) in [6.07, 6.45) is 0. The van der Waals surface area contributed by atoms with Gasteiger partial charge in [0.05, 0.1) is 13.8 Å². The quantitative estimate of drug-likeness (QED) is 0.112. The summed E-state index contributed by atoms with van der Waals surface area (Å²) in [6.45, 7) is 7.21. The zero-order valence-electron chi connectivity index (χ0n) is 36.7. The summed E-state index contributed by atoms with van der Waals surface area (Å²) in [7, 11) is -1.45. The Hall–Kier alpha value is -7.92. The number of anilines is 6. The van der Waals surface area contributed by atoms with Gasteiger partial charge in [-0.2, -0.15) is 0 Å². The van der Waals surface area contributed by atoms with Crippen molar-refractivity contribution in [2.45, 2.75) is 19.6 Å². The smallest absolute Gasteiger partial charge is 0.135 e. The van der Waals surface area contributed by atoms with Crippen molar-refractivity contribution in [2.24, 2.45) is 0 Å². The van der Waals surface area contributed by atoms with E-state index in [1.165, 1.54) is 53.8 Å². The van der Waals surface area contributed by atoms with Crippen molar-refractivity contribution in [1.82, 2.24) is 0 Å². The second kappa shape index (κ2) is 15.4. The first-order valence-corrected chi connectivity index (χ1v) is 26.0. The van der Waals surface area contributed by atoms with Crippen LogP contribution in [0.5, 0.6) is 0 Å². The second-order valence-corrected chi connectivity index (χ2v) is 23.2. The van der Waals surface area contributed by atoms with Crippen LogP contribution in [0.1, 0.15) is 0 Å². The standard InChI is InChI=1S/C61H46N2OSi/c1-65(2,3)48-32-27-44(28-33-48)62(43-18-8-5-9-19-43)45-29-35-50-42(38-45)26-34-55-52-36-30-46(39-56(52)51-21-10-11-23-54(51)61(50)55)63(58-24-14-12-20-49(58)41-16-6-4-7-17-41)47-31-37-60-57(40-47)53-22-13-15-25-59(53)64-60/h4-40H,1-3H3. The Balaban J connectivity index is 1.05. The van der Waals surface area contributed by atoms with Crippen LogP contribution < -0.4 is 15.0 Å². The molecule has 0 fully saturated rings. The van der Waals surface area contributed by atoms with Gasteiger partial charge in [-0.25, -0.2) is 0 Å². The summed E-state index contributed by atoms with van der Waals surface area (Å²) >= 11 is 0. The molecule has 65 heavy (non-hydrogen) atoms. The first kappa shape index (κ1) is 38.7. The molecule has 0 unspecified atom stereocenters. The van der Waals surface area contributed by atoms with E-state index in [1.54, 1.807) is 0 Å². The van der Waals surface area contributed by atoms with Gasteiger partial charge in [0.15, 0.2) is 0 Å². The molecule has 310 valence electrons. The minimum atomic E-state index is -1.45. The second-order valence-electron chi connectivity index (χ2n) is 18.1. The largest absolute Gasteiger partial charge is 0.456 e. The van der Waals surface area contributed by atoms with Crippen molar-refractivity contribution in [3.05, 3.63) is 224 Å². The van der Waals surface area contributed by atoms with Crippen molar-refractivity contribution in [2.75, 3.05) is 9.80 Å². The maximum Gasteiger partial charge on any atom is 0.135 e. The average Bonchev–Trinajstić information content (AvgIpc) is 3.73. The summed E-state index contributed by atoms with van der Waals surface area (Å²) in [5.74, 6) is 0. The van der Waals surface area contributed by atoms with Crippen LogP contribution in [0.3, 0.4) is 0 Å². The molecule has 12 aromatic rings. The molecule has 4 heteroatoms. The lowest BCUT2D eigenvalue weighted by molar-refractivity contribution is 0.669. The number of hydrogen-bond donors (Lipinski definition) is 0. The molecule has 0 saturated carbocycles. The highest BCUT2D eigenvalue weighted by atomic mass is 28.3. The topological polar surface area (TPSA) is 19.6 Å². The van der Waals surface area contributed by atoms with Gasteiger partial charge < -0.3 is 14.2 Å². The van der Waals surface area contributed by atoms with Crippen LogP contribution in [-0.4, -0.2) is 8.07 Å².